The monoisotopic (exact) mass is 420 g/mol. The number of nitrogens with zero attached hydrogens (tertiary/aromatic N) is 6. The van der Waals surface area contributed by atoms with Crippen LogP contribution >= 0.6 is 0 Å². The normalized spacial score (nSPS) is 14.5. The van der Waals surface area contributed by atoms with Gasteiger partial charge in [-0.25, -0.2) is 0 Å². The number of piperazine rings is 1. The summed E-state index contributed by atoms with van der Waals surface area (Å²) in [5, 5.41) is 12.1. The second kappa shape index (κ2) is 9.05. The molecule has 31 heavy (non-hydrogen) atoms. The number of carbonyl (C=O) groups is 2. The fourth-order valence-corrected chi connectivity index (χ4v) is 3.56. The van der Waals surface area contributed by atoms with Crippen LogP contribution in [0.1, 0.15) is 28.7 Å². The topological polar surface area (TPSA) is 93.5 Å². The van der Waals surface area contributed by atoms with Crippen LogP contribution in [0.25, 0.3) is 5.69 Å². The van der Waals surface area contributed by atoms with E-state index in [4.69, 9.17) is 4.74 Å². The summed E-state index contributed by atoms with van der Waals surface area (Å²) in [6.45, 7) is 6.48. The summed E-state index contributed by atoms with van der Waals surface area (Å²) in [7, 11) is 0. The van der Waals surface area contributed by atoms with Crippen LogP contribution in [0.5, 0.6) is 5.75 Å². The predicted octanol–water partition coefficient (Wildman–Crippen LogP) is 1.85. The lowest BCUT2D eigenvalue weighted by atomic mass is 10.1. The molecule has 0 atom stereocenters. The van der Waals surface area contributed by atoms with Gasteiger partial charge in [0.25, 0.3) is 5.91 Å². The minimum absolute atomic E-state index is 0.138. The Morgan fingerprint density at radius 1 is 1.00 bits per heavy atom. The van der Waals surface area contributed by atoms with Crippen LogP contribution in [0.2, 0.25) is 0 Å². The first kappa shape index (κ1) is 20.7. The Morgan fingerprint density at radius 2 is 1.71 bits per heavy atom. The van der Waals surface area contributed by atoms with Crippen molar-refractivity contribution in [3.63, 3.8) is 0 Å². The zero-order valence-corrected chi connectivity index (χ0v) is 17.6. The lowest BCUT2D eigenvalue weighted by Crippen LogP contribution is -2.48. The molecule has 1 aromatic heterocycles. The number of aryl methyl sites for hydroxylation is 1. The van der Waals surface area contributed by atoms with Gasteiger partial charge in [0.05, 0.1) is 17.8 Å². The number of para-hydroxylation sites is 1. The molecule has 160 valence electrons. The van der Waals surface area contributed by atoms with Crippen molar-refractivity contribution >= 4 is 11.9 Å². The number of carbonyl (C=O) groups excluding carboxylic acids is 2. The Hall–Kier alpha value is -3.59. The van der Waals surface area contributed by atoms with Crippen molar-refractivity contribution in [1.29, 1.82) is 0 Å². The number of aromatic nitrogens is 4. The van der Waals surface area contributed by atoms with Crippen LogP contribution < -0.4 is 4.74 Å². The highest BCUT2D eigenvalue weighted by atomic mass is 16.5. The van der Waals surface area contributed by atoms with E-state index in [1.54, 1.807) is 33.8 Å². The molecule has 1 aliphatic rings. The minimum atomic E-state index is -0.448. The number of hydrogen-bond acceptors (Lipinski definition) is 7. The van der Waals surface area contributed by atoms with E-state index in [1.807, 2.05) is 31.2 Å². The molecule has 1 aliphatic heterocycles. The summed E-state index contributed by atoms with van der Waals surface area (Å²) >= 11 is 0. The van der Waals surface area contributed by atoms with E-state index in [2.05, 4.69) is 20.4 Å². The molecular weight excluding hydrogens is 396 g/mol. The molecule has 0 aliphatic carbocycles. The lowest BCUT2D eigenvalue weighted by Gasteiger charge is -2.34. The van der Waals surface area contributed by atoms with E-state index in [0.717, 1.165) is 11.5 Å². The molecule has 1 fully saturated rings. The van der Waals surface area contributed by atoms with Crippen molar-refractivity contribution in [2.75, 3.05) is 26.2 Å². The molecule has 0 bridgehead atoms. The van der Waals surface area contributed by atoms with Crippen molar-refractivity contribution in [3.05, 3.63) is 65.5 Å². The smallest absolute Gasteiger partial charge is 0.308 e. The van der Waals surface area contributed by atoms with Gasteiger partial charge < -0.3 is 9.64 Å². The van der Waals surface area contributed by atoms with Crippen molar-refractivity contribution in [1.82, 2.24) is 30.0 Å². The number of hydrogen-bond donors (Lipinski definition) is 0. The number of rotatable bonds is 5. The molecule has 2 aromatic carbocycles. The molecular formula is C22H24N6O3. The molecule has 0 spiro atoms. The van der Waals surface area contributed by atoms with Crippen molar-refractivity contribution in [2.45, 2.75) is 20.4 Å². The highest BCUT2D eigenvalue weighted by Crippen LogP contribution is 2.21. The maximum absolute atomic E-state index is 13.0. The first-order valence-corrected chi connectivity index (χ1v) is 10.1. The molecule has 1 saturated heterocycles. The second-order valence-corrected chi connectivity index (χ2v) is 7.50. The Bertz CT molecular complexity index is 1070. The van der Waals surface area contributed by atoms with Gasteiger partial charge >= 0.3 is 5.97 Å². The van der Waals surface area contributed by atoms with Crippen LogP contribution in [0, 0.1) is 6.92 Å². The van der Waals surface area contributed by atoms with Gasteiger partial charge in [-0.05, 0) is 41.6 Å². The standard InChI is InChI=1S/C22H24N6O3/c1-16-7-9-18(10-8-16)28-21(23-24-25-28)15-26-11-13-27(14-12-26)22(30)19-5-3-4-6-20(19)31-17(2)29/h3-10H,11-15H2,1-2H3. The van der Waals surface area contributed by atoms with E-state index in [0.29, 0.717) is 44.0 Å². The Morgan fingerprint density at radius 3 is 2.42 bits per heavy atom. The van der Waals surface area contributed by atoms with Gasteiger partial charge in [-0.1, -0.05) is 29.8 Å². The molecule has 0 N–H and O–H groups in total. The third-order valence-electron chi connectivity index (χ3n) is 5.21. The lowest BCUT2D eigenvalue weighted by molar-refractivity contribution is -0.131. The molecule has 3 aromatic rings. The highest BCUT2D eigenvalue weighted by molar-refractivity contribution is 5.97. The van der Waals surface area contributed by atoms with Gasteiger partial charge in [-0.3, -0.25) is 14.5 Å². The third-order valence-corrected chi connectivity index (χ3v) is 5.21. The Balaban J connectivity index is 1.39. The van der Waals surface area contributed by atoms with Gasteiger partial charge in [0, 0.05) is 33.1 Å². The van der Waals surface area contributed by atoms with Gasteiger partial charge in [-0.2, -0.15) is 4.68 Å². The average Bonchev–Trinajstić information content (AvgIpc) is 3.22. The summed E-state index contributed by atoms with van der Waals surface area (Å²) < 4.78 is 6.93. The molecule has 0 saturated carbocycles. The quantitative estimate of drug-likeness (QED) is 0.459. The largest absolute Gasteiger partial charge is 0.426 e. The predicted molar refractivity (Wildman–Crippen MR) is 113 cm³/mol. The van der Waals surface area contributed by atoms with Gasteiger partial charge in [-0.15, -0.1) is 5.10 Å². The fourth-order valence-electron chi connectivity index (χ4n) is 3.56. The molecule has 9 heteroatoms. The fraction of sp³-hybridized carbons (Fsp3) is 0.318. The summed E-state index contributed by atoms with van der Waals surface area (Å²) in [5.74, 6) is 0.459. The maximum Gasteiger partial charge on any atom is 0.308 e. The van der Waals surface area contributed by atoms with Crippen LogP contribution in [0.3, 0.4) is 0 Å². The molecule has 2 heterocycles. The first-order chi connectivity index (χ1) is 15.0. The van der Waals surface area contributed by atoms with E-state index < -0.39 is 5.97 Å². The van der Waals surface area contributed by atoms with Crippen molar-refractivity contribution < 1.29 is 14.3 Å². The van der Waals surface area contributed by atoms with E-state index in [9.17, 15) is 9.59 Å². The van der Waals surface area contributed by atoms with Crippen molar-refractivity contribution in [2.24, 2.45) is 0 Å². The molecule has 0 radical (unpaired) electrons. The summed E-state index contributed by atoms with van der Waals surface area (Å²) in [6.07, 6.45) is 0. The zero-order valence-electron chi connectivity index (χ0n) is 17.6. The summed E-state index contributed by atoms with van der Waals surface area (Å²) in [6, 6.07) is 14.9. The zero-order chi connectivity index (χ0) is 21.8. The number of benzene rings is 2. The summed E-state index contributed by atoms with van der Waals surface area (Å²) in [5.41, 5.74) is 2.49. The number of tetrazole rings is 1. The van der Waals surface area contributed by atoms with Gasteiger partial charge in [0.1, 0.15) is 5.75 Å². The molecule has 0 unspecified atom stereocenters. The number of ether oxygens (including phenoxy) is 1. The van der Waals surface area contributed by atoms with Crippen LogP contribution in [-0.4, -0.2) is 68.1 Å². The van der Waals surface area contributed by atoms with E-state index in [-0.39, 0.29) is 5.91 Å². The summed E-state index contributed by atoms with van der Waals surface area (Å²) in [4.78, 5) is 28.3. The van der Waals surface area contributed by atoms with E-state index >= 15 is 0 Å². The molecule has 4 rings (SSSR count). The minimum Gasteiger partial charge on any atom is -0.426 e. The molecule has 9 nitrogen and oxygen atoms in total. The number of esters is 1. The Labute approximate surface area is 180 Å². The van der Waals surface area contributed by atoms with Crippen LogP contribution in [0.15, 0.2) is 48.5 Å². The van der Waals surface area contributed by atoms with Crippen LogP contribution in [-0.2, 0) is 11.3 Å². The van der Waals surface area contributed by atoms with Crippen LogP contribution in [0.4, 0.5) is 0 Å². The Kier molecular flexibility index (Phi) is 6.03. The van der Waals surface area contributed by atoms with Gasteiger partial charge in [0.15, 0.2) is 5.82 Å². The van der Waals surface area contributed by atoms with E-state index in [1.165, 1.54) is 12.5 Å². The average molecular weight is 420 g/mol. The SMILES string of the molecule is CC(=O)Oc1ccccc1C(=O)N1CCN(Cc2nnnn2-c2ccc(C)cc2)CC1. The number of amides is 1. The first-order valence-electron chi connectivity index (χ1n) is 10.1. The maximum atomic E-state index is 13.0. The molecule has 1 amide bonds. The second-order valence-electron chi connectivity index (χ2n) is 7.50. The van der Waals surface area contributed by atoms with Gasteiger partial charge in [0.2, 0.25) is 0 Å². The van der Waals surface area contributed by atoms with Crippen molar-refractivity contribution in [3.8, 4) is 11.4 Å². The highest BCUT2D eigenvalue weighted by Gasteiger charge is 2.25. The third kappa shape index (κ3) is 4.77.